The summed E-state index contributed by atoms with van der Waals surface area (Å²) in [5, 5.41) is 21.9. The molecule has 0 heterocycles. The van der Waals surface area contributed by atoms with Crippen molar-refractivity contribution >= 4 is 5.69 Å². The molecule has 126 valence electrons. The minimum Gasteiger partial charge on any atom is -0.265 e. The van der Waals surface area contributed by atoms with Crippen molar-refractivity contribution in [3.8, 4) is 0 Å². The maximum Gasteiger partial charge on any atom is 0.269 e. The summed E-state index contributed by atoms with van der Waals surface area (Å²) in [5.41, 5.74) is 0.683. The van der Waals surface area contributed by atoms with Gasteiger partial charge in [-0.05, 0) is 23.3 Å². The van der Waals surface area contributed by atoms with Crippen molar-refractivity contribution < 1.29 is 14.2 Å². The highest BCUT2D eigenvalue weighted by Gasteiger charge is 2.36. The van der Waals surface area contributed by atoms with Gasteiger partial charge in [-0.15, -0.1) is 0 Å². The first-order valence-electron chi connectivity index (χ1n) is 7.34. The number of benzene rings is 2. The lowest BCUT2D eigenvalue weighted by atomic mass is 9.70. The van der Waals surface area contributed by atoms with Gasteiger partial charge in [-0.3, -0.25) is 20.2 Å². The van der Waals surface area contributed by atoms with Gasteiger partial charge in [0, 0.05) is 22.5 Å². The molecule has 0 aliphatic carbocycles. The zero-order valence-corrected chi connectivity index (χ0v) is 13.3. The zero-order chi connectivity index (χ0) is 17.9. The third kappa shape index (κ3) is 3.73. The SMILES string of the molecule is CC(C)(c1ccc([N+](=O)[O-])cc1)C(C[N+](=O)[O-])c1ccc(F)cc1. The molecule has 6 nitrogen and oxygen atoms in total. The Morgan fingerprint density at radius 1 is 1.00 bits per heavy atom. The molecule has 1 atom stereocenters. The summed E-state index contributed by atoms with van der Waals surface area (Å²) in [6, 6.07) is 11.6. The minimum absolute atomic E-state index is 0.0397. The number of nitro groups is 2. The Labute approximate surface area is 138 Å². The summed E-state index contributed by atoms with van der Waals surface area (Å²) in [6.45, 7) is 3.35. The summed E-state index contributed by atoms with van der Waals surface area (Å²) in [4.78, 5) is 21.0. The van der Waals surface area contributed by atoms with Gasteiger partial charge in [-0.2, -0.15) is 0 Å². The van der Waals surface area contributed by atoms with E-state index >= 15 is 0 Å². The lowest BCUT2D eigenvalue weighted by Gasteiger charge is -2.33. The van der Waals surface area contributed by atoms with E-state index in [2.05, 4.69) is 0 Å². The van der Waals surface area contributed by atoms with E-state index in [0.29, 0.717) is 5.56 Å². The van der Waals surface area contributed by atoms with Gasteiger partial charge in [-0.25, -0.2) is 4.39 Å². The highest BCUT2D eigenvalue weighted by Crippen LogP contribution is 2.39. The van der Waals surface area contributed by atoms with Crippen molar-refractivity contribution in [3.05, 3.63) is 85.7 Å². The number of non-ortho nitro benzene ring substituents is 1. The number of halogens is 1. The van der Waals surface area contributed by atoms with Crippen LogP contribution in [-0.4, -0.2) is 16.4 Å². The Bertz CT molecular complexity index is 742. The van der Waals surface area contributed by atoms with Crippen LogP contribution in [0, 0.1) is 26.0 Å². The fraction of sp³-hybridized carbons (Fsp3) is 0.294. The van der Waals surface area contributed by atoms with Crippen molar-refractivity contribution in [3.63, 3.8) is 0 Å². The van der Waals surface area contributed by atoms with Crippen LogP contribution in [0.2, 0.25) is 0 Å². The van der Waals surface area contributed by atoms with E-state index in [0.717, 1.165) is 5.56 Å². The molecule has 7 heteroatoms. The monoisotopic (exact) mass is 332 g/mol. The zero-order valence-electron chi connectivity index (χ0n) is 13.3. The van der Waals surface area contributed by atoms with E-state index in [1.165, 1.54) is 36.4 Å². The average Bonchev–Trinajstić information content (AvgIpc) is 2.53. The first-order valence-corrected chi connectivity index (χ1v) is 7.34. The molecule has 0 saturated carbocycles. The molecular formula is C17H17FN2O4. The van der Waals surface area contributed by atoms with Crippen molar-refractivity contribution in [1.29, 1.82) is 0 Å². The fourth-order valence-corrected chi connectivity index (χ4v) is 2.81. The molecule has 0 aromatic heterocycles. The maximum atomic E-state index is 13.2. The smallest absolute Gasteiger partial charge is 0.265 e. The third-order valence-corrected chi connectivity index (χ3v) is 4.30. The van der Waals surface area contributed by atoms with Gasteiger partial charge in [0.1, 0.15) is 5.82 Å². The van der Waals surface area contributed by atoms with E-state index in [4.69, 9.17) is 0 Å². The Morgan fingerprint density at radius 3 is 2.00 bits per heavy atom. The standard InChI is InChI=1S/C17H17FN2O4/c1-17(2,13-5-9-15(10-6-13)20(23)24)16(11-19(21)22)12-3-7-14(18)8-4-12/h3-10,16H,11H2,1-2H3. The Kier molecular flexibility index (Phi) is 4.92. The summed E-state index contributed by atoms with van der Waals surface area (Å²) in [5.74, 6) is -0.915. The van der Waals surface area contributed by atoms with Crippen LogP contribution >= 0.6 is 0 Å². The van der Waals surface area contributed by atoms with E-state index in [1.54, 1.807) is 12.1 Å². The fourth-order valence-electron chi connectivity index (χ4n) is 2.81. The maximum absolute atomic E-state index is 13.2. The first kappa shape index (κ1) is 17.5. The van der Waals surface area contributed by atoms with E-state index in [-0.39, 0.29) is 12.2 Å². The van der Waals surface area contributed by atoms with Crippen LogP contribution in [0.5, 0.6) is 0 Å². The number of nitro benzene ring substituents is 1. The largest absolute Gasteiger partial charge is 0.269 e. The van der Waals surface area contributed by atoms with Crippen LogP contribution in [0.3, 0.4) is 0 Å². The lowest BCUT2D eigenvalue weighted by molar-refractivity contribution is -0.485. The molecule has 0 aliphatic rings. The Hall–Kier alpha value is -2.83. The minimum atomic E-state index is -0.667. The predicted molar refractivity (Wildman–Crippen MR) is 87.1 cm³/mol. The number of hydrogen-bond donors (Lipinski definition) is 0. The molecule has 1 unspecified atom stereocenters. The molecule has 0 spiro atoms. The molecule has 0 fully saturated rings. The van der Waals surface area contributed by atoms with Gasteiger partial charge in [-0.1, -0.05) is 38.1 Å². The number of rotatable bonds is 6. The van der Waals surface area contributed by atoms with Crippen molar-refractivity contribution in [2.45, 2.75) is 25.2 Å². The van der Waals surface area contributed by atoms with E-state index < -0.39 is 27.0 Å². The number of nitrogens with zero attached hydrogens (tertiary/aromatic N) is 2. The normalized spacial score (nSPS) is 12.6. The van der Waals surface area contributed by atoms with Gasteiger partial charge >= 0.3 is 0 Å². The van der Waals surface area contributed by atoms with Crippen LogP contribution in [0.15, 0.2) is 48.5 Å². The van der Waals surface area contributed by atoms with Crippen LogP contribution in [0.4, 0.5) is 10.1 Å². The highest BCUT2D eigenvalue weighted by molar-refractivity contribution is 5.39. The van der Waals surface area contributed by atoms with Crippen molar-refractivity contribution in [1.82, 2.24) is 0 Å². The van der Waals surface area contributed by atoms with Crippen molar-refractivity contribution in [2.24, 2.45) is 0 Å². The van der Waals surface area contributed by atoms with Gasteiger partial charge in [0.2, 0.25) is 6.54 Å². The molecule has 2 aromatic rings. The molecule has 0 aliphatic heterocycles. The molecule has 0 saturated heterocycles. The van der Waals surface area contributed by atoms with Crippen LogP contribution < -0.4 is 0 Å². The first-order chi connectivity index (χ1) is 11.2. The second-order valence-electron chi connectivity index (χ2n) is 6.15. The van der Waals surface area contributed by atoms with E-state index in [1.807, 2.05) is 13.8 Å². The van der Waals surface area contributed by atoms with Crippen LogP contribution in [0.1, 0.15) is 30.9 Å². The summed E-state index contributed by atoms with van der Waals surface area (Å²) in [7, 11) is 0. The second kappa shape index (κ2) is 6.74. The van der Waals surface area contributed by atoms with Crippen molar-refractivity contribution in [2.75, 3.05) is 6.54 Å². The van der Waals surface area contributed by atoms with Gasteiger partial charge in [0.25, 0.3) is 5.69 Å². The molecule has 0 radical (unpaired) electrons. The van der Waals surface area contributed by atoms with E-state index in [9.17, 15) is 24.6 Å². The molecular weight excluding hydrogens is 315 g/mol. The molecule has 0 amide bonds. The lowest BCUT2D eigenvalue weighted by Crippen LogP contribution is -2.32. The second-order valence-corrected chi connectivity index (χ2v) is 6.15. The molecule has 2 aromatic carbocycles. The quantitative estimate of drug-likeness (QED) is 0.589. The summed E-state index contributed by atoms with van der Waals surface area (Å²) in [6.07, 6.45) is 0. The Balaban J connectivity index is 2.44. The molecule has 0 bridgehead atoms. The Morgan fingerprint density at radius 2 is 1.54 bits per heavy atom. The van der Waals surface area contributed by atoms with Crippen LogP contribution in [0.25, 0.3) is 0 Å². The third-order valence-electron chi connectivity index (χ3n) is 4.30. The summed E-state index contributed by atoms with van der Waals surface area (Å²) >= 11 is 0. The average molecular weight is 332 g/mol. The molecule has 24 heavy (non-hydrogen) atoms. The van der Waals surface area contributed by atoms with Gasteiger partial charge in [0.05, 0.1) is 10.8 Å². The summed E-state index contributed by atoms with van der Waals surface area (Å²) < 4.78 is 13.2. The van der Waals surface area contributed by atoms with Gasteiger partial charge in [0.15, 0.2) is 0 Å². The topological polar surface area (TPSA) is 86.3 Å². The molecule has 0 N–H and O–H groups in total. The highest BCUT2D eigenvalue weighted by atomic mass is 19.1. The molecule has 2 rings (SSSR count). The van der Waals surface area contributed by atoms with Crippen LogP contribution in [-0.2, 0) is 5.41 Å². The predicted octanol–water partition coefficient (Wildman–Crippen LogP) is 4.07. The van der Waals surface area contributed by atoms with Gasteiger partial charge < -0.3 is 0 Å². The number of hydrogen-bond acceptors (Lipinski definition) is 4.